The van der Waals surface area contributed by atoms with Crippen LogP contribution in [0.2, 0.25) is 0 Å². The Morgan fingerprint density at radius 2 is 1.56 bits per heavy atom. The van der Waals surface area contributed by atoms with Crippen molar-refractivity contribution in [3.63, 3.8) is 0 Å². The first-order chi connectivity index (χ1) is 12.6. The lowest BCUT2D eigenvalue weighted by molar-refractivity contribution is 0.458. The molecule has 140 valence electrons. The van der Waals surface area contributed by atoms with E-state index < -0.39 is 35.8 Å². The van der Waals surface area contributed by atoms with E-state index in [4.69, 9.17) is 0 Å². The number of aromatic hydroxyl groups is 1. The third kappa shape index (κ3) is 4.14. The number of benzene rings is 3. The molecule has 3 aromatic rings. The molecule has 0 amide bonds. The molecule has 27 heavy (non-hydrogen) atoms. The Morgan fingerprint density at radius 3 is 2.15 bits per heavy atom. The maximum Gasteiger partial charge on any atom is 0.294 e. The van der Waals surface area contributed by atoms with Gasteiger partial charge in [0.25, 0.3) is 10.1 Å². The summed E-state index contributed by atoms with van der Waals surface area (Å²) < 4.78 is 66.1. The second kappa shape index (κ2) is 6.74. The van der Waals surface area contributed by atoms with Crippen molar-refractivity contribution in [2.45, 2.75) is 9.79 Å². The van der Waals surface area contributed by atoms with E-state index in [1.54, 1.807) is 30.3 Å². The van der Waals surface area contributed by atoms with Crippen LogP contribution in [0, 0.1) is 0 Å². The average molecular weight is 406 g/mol. The van der Waals surface area contributed by atoms with Gasteiger partial charge in [-0.25, -0.2) is 8.42 Å². The zero-order chi connectivity index (χ0) is 19.8. The molecule has 0 aliphatic rings. The summed E-state index contributed by atoms with van der Waals surface area (Å²) in [7, 11) is -9.54. The monoisotopic (exact) mass is 406 g/mol. The first-order valence-electron chi connectivity index (χ1n) is 7.39. The fourth-order valence-electron chi connectivity index (χ4n) is 2.49. The van der Waals surface area contributed by atoms with Crippen molar-refractivity contribution in [3.8, 4) is 5.75 Å². The van der Waals surface area contributed by atoms with Crippen molar-refractivity contribution in [2.24, 2.45) is 4.99 Å². The fourth-order valence-corrected chi connectivity index (χ4v) is 3.56. The number of hydrogen-bond donors (Lipinski definition) is 2. The van der Waals surface area contributed by atoms with Crippen LogP contribution in [0.1, 0.15) is 5.56 Å². The number of aliphatic imine (C=N–C) groups is 1. The van der Waals surface area contributed by atoms with E-state index in [2.05, 4.69) is 4.99 Å². The second-order valence-electron chi connectivity index (χ2n) is 5.58. The summed E-state index contributed by atoms with van der Waals surface area (Å²) in [6, 6.07) is 12.4. The Bertz CT molecular complexity index is 1260. The van der Waals surface area contributed by atoms with Gasteiger partial charge in [0.05, 0.1) is 15.5 Å². The predicted octanol–water partition coefficient (Wildman–Crippen LogP) is 2.45. The van der Waals surface area contributed by atoms with E-state index in [9.17, 15) is 31.0 Å². The summed E-state index contributed by atoms with van der Waals surface area (Å²) in [6.07, 6.45) is 1.40. The number of rotatable bonds is 4. The predicted molar refractivity (Wildman–Crippen MR) is 97.1 cm³/mol. The molecule has 0 saturated heterocycles. The SMILES string of the molecule is O=S(=O)([O-])c1cc(O)c2c(N=Cc3ccccc3)cc(S(=O)(=O)O)cc2c1. The zero-order valence-corrected chi connectivity index (χ0v) is 15.1. The van der Waals surface area contributed by atoms with Crippen LogP contribution in [0.15, 0.2) is 69.4 Å². The molecule has 0 radical (unpaired) electrons. The minimum Gasteiger partial charge on any atom is -0.744 e. The van der Waals surface area contributed by atoms with Crippen molar-refractivity contribution < 1.29 is 31.0 Å². The summed E-state index contributed by atoms with van der Waals surface area (Å²) in [5.74, 6) is -0.566. The maximum absolute atomic E-state index is 11.5. The van der Waals surface area contributed by atoms with Crippen LogP contribution in [0.25, 0.3) is 10.8 Å². The van der Waals surface area contributed by atoms with Gasteiger partial charge in [-0.05, 0) is 35.2 Å². The van der Waals surface area contributed by atoms with Crippen LogP contribution < -0.4 is 0 Å². The summed E-state index contributed by atoms with van der Waals surface area (Å²) >= 11 is 0. The smallest absolute Gasteiger partial charge is 0.294 e. The van der Waals surface area contributed by atoms with Gasteiger partial charge in [0.1, 0.15) is 15.9 Å². The van der Waals surface area contributed by atoms with Gasteiger partial charge in [0, 0.05) is 11.6 Å². The zero-order valence-electron chi connectivity index (χ0n) is 13.5. The first kappa shape index (κ1) is 19.0. The molecular weight excluding hydrogens is 394 g/mol. The van der Waals surface area contributed by atoms with Gasteiger partial charge in [-0.2, -0.15) is 8.42 Å². The molecule has 0 bridgehead atoms. The summed E-state index contributed by atoms with van der Waals surface area (Å²) in [5, 5.41) is 10.1. The van der Waals surface area contributed by atoms with E-state index in [1.807, 2.05) is 0 Å². The molecule has 2 N–H and O–H groups in total. The van der Waals surface area contributed by atoms with E-state index in [-0.39, 0.29) is 16.5 Å². The molecule has 0 heterocycles. The molecule has 0 aliphatic carbocycles. The molecule has 10 heteroatoms. The first-order valence-corrected chi connectivity index (χ1v) is 10.2. The number of phenols is 1. The number of hydrogen-bond acceptors (Lipinski definition) is 7. The molecular formula is C17H12NO7S2-. The number of fused-ring (bicyclic) bond motifs is 1. The molecule has 3 aromatic carbocycles. The molecule has 0 atom stereocenters. The molecule has 3 rings (SSSR count). The Morgan fingerprint density at radius 1 is 0.926 bits per heavy atom. The van der Waals surface area contributed by atoms with Crippen molar-refractivity contribution in [1.82, 2.24) is 0 Å². The largest absolute Gasteiger partial charge is 0.744 e. The highest BCUT2D eigenvalue weighted by Crippen LogP contribution is 2.38. The van der Waals surface area contributed by atoms with Gasteiger partial charge >= 0.3 is 0 Å². The molecule has 0 spiro atoms. The maximum atomic E-state index is 11.5. The average Bonchev–Trinajstić information content (AvgIpc) is 2.58. The number of phenolic OH excluding ortho intramolecular Hbond substituents is 1. The fraction of sp³-hybridized carbons (Fsp3) is 0. The van der Waals surface area contributed by atoms with Crippen LogP contribution in [-0.2, 0) is 20.2 Å². The third-order valence-electron chi connectivity index (χ3n) is 3.69. The van der Waals surface area contributed by atoms with Crippen LogP contribution in [0.4, 0.5) is 5.69 Å². The van der Waals surface area contributed by atoms with Gasteiger partial charge in [-0.15, -0.1) is 0 Å². The Balaban J connectivity index is 2.32. The highest BCUT2D eigenvalue weighted by molar-refractivity contribution is 7.86. The summed E-state index contributed by atoms with van der Waals surface area (Å²) in [6.45, 7) is 0. The lowest BCUT2D eigenvalue weighted by Crippen LogP contribution is -2.00. The van der Waals surface area contributed by atoms with E-state index in [0.717, 1.165) is 24.3 Å². The quantitative estimate of drug-likeness (QED) is 0.500. The molecule has 0 fully saturated rings. The molecule has 0 unspecified atom stereocenters. The summed E-state index contributed by atoms with van der Waals surface area (Å²) in [5.41, 5.74) is 0.650. The van der Waals surface area contributed by atoms with Crippen LogP contribution in [-0.4, -0.2) is 37.3 Å². The van der Waals surface area contributed by atoms with Gasteiger partial charge in [0.2, 0.25) is 0 Å². The van der Waals surface area contributed by atoms with Gasteiger partial charge in [0.15, 0.2) is 0 Å². The van der Waals surface area contributed by atoms with Crippen LogP contribution in [0.3, 0.4) is 0 Å². The van der Waals surface area contributed by atoms with Crippen molar-refractivity contribution in [1.29, 1.82) is 0 Å². The third-order valence-corrected chi connectivity index (χ3v) is 5.34. The van der Waals surface area contributed by atoms with Crippen LogP contribution in [0.5, 0.6) is 5.75 Å². The minimum atomic E-state index is -4.89. The van der Waals surface area contributed by atoms with Gasteiger partial charge < -0.3 is 9.66 Å². The number of nitrogens with zero attached hydrogens (tertiary/aromatic N) is 1. The standard InChI is InChI=1S/C17H13NO7S2/c19-16-9-14(27(23,24)25)7-12-6-13(26(20,21)22)8-15(17(12)16)18-10-11-4-2-1-3-5-11/h1-10,19H,(H,20,21,22)(H,23,24,25)/p-1. The Labute approximate surface area is 154 Å². The summed E-state index contributed by atoms with van der Waals surface area (Å²) in [4.78, 5) is 2.85. The Kier molecular flexibility index (Phi) is 4.74. The highest BCUT2D eigenvalue weighted by Gasteiger charge is 2.17. The normalized spacial score (nSPS) is 12.7. The molecule has 0 aromatic heterocycles. The van der Waals surface area contributed by atoms with Crippen molar-refractivity contribution in [3.05, 3.63) is 60.2 Å². The van der Waals surface area contributed by atoms with Crippen molar-refractivity contribution >= 4 is 42.9 Å². The lowest BCUT2D eigenvalue weighted by atomic mass is 10.1. The second-order valence-corrected chi connectivity index (χ2v) is 8.38. The lowest BCUT2D eigenvalue weighted by Gasteiger charge is -2.12. The van der Waals surface area contributed by atoms with E-state index in [1.165, 1.54) is 6.21 Å². The van der Waals surface area contributed by atoms with E-state index >= 15 is 0 Å². The molecule has 0 saturated carbocycles. The molecule has 8 nitrogen and oxygen atoms in total. The van der Waals surface area contributed by atoms with Crippen molar-refractivity contribution in [2.75, 3.05) is 0 Å². The molecule has 0 aliphatic heterocycles. The topological polar surface area (TPSA) is 144 Å². The van der Waals surface area contributed by atoms with Gasteiger partial charge in [-0.1, -0.05) is 30.3 Å². The van der Waals surface area contributed by atoms with Gasteiger partial charge in [-0.3, -0.25) is 9.55 Å². The highest BCUT2D eigenvalue weighted by atomic mass is 32.2. The van der Waals surface area contributed by atoms with E-state index in [0.29, 0.717) is 5.56 Å². The minimum absolute atomic E-state index is 0.0296. The van der Waals surface area contributed by atoms with Crippen LogP contribution >= 0.6 is 0 Å². The Hall–Kier alpha value is -2.79.